The van der Waals surface area contributed by atoms with Crippen LogP contribution < -0.4 is 0 Å². The van der Waals surface area contributed by atoms with Crippen molar-refractivity contribution in [3.63, 3.8) is 0 Å². The fraction of sp³-hybridized carbons (Fsp3) is 0.929. The number of likely N-dealkylation sites (N-methyl/N-ethyl adjacent to an activating group) is 1. The summed E-state index contributed by atoms with van der Waals surface area (Å²) in [6, 6.07) is 0. The summed E-state index contributed by atoms with van der Waals surface area (Å²) in [5, 5.41) is 0. The van der Waals surface area contributed by atoms with Gasteiger partial charge in [0.15, 0.2) is 0 Å². The van der Waals surface area contributed by atoms with Gasteiger partial charge in [-0.1, -0.05) is 13.8 Å². The molecule has 98 valence electrons. The first kappa shape index (κ1) is 12.9. The Morgan fingerprint density at radius 1 is 1.24 bits per heavy atom. The van der Waals surface area contributed by atoms with Crippen LogP contribution in [0.1, 0.15) is 40.0 Å². The SMILES string of the molecule is CC(C)C1CCN(C(=O)C2(C)CCN2C)CC1. The first-order valence-corrected chi connectivity index (χ1v) is 6.96. The molecule has 2 rings (SSSR count). The van der Waals surface area contributed by atoms with Gasteiger partial charge in [0.05, 0.1) is 5.54 Å². The Bertz CT molecular complexity index is 295. The van der Waals surface area contributed by atoms with Crippen LogP contribution in [0.5, 0.6) is 0 Å². The van der Waals surface area contributed by atoms with Crippen LogP contribution in [0.15, 0.2) is 0 Å². The van der Waals surface area contributed by atoms with Crippen LogP contribution in [0.3, 0.4) is 0 Å². The number of amides is 1. The van der Waals surface area contributed by atoms with Gasteiger partial charge in [-0.3, -0.25) is 9.69 Å². The molecule has 3 heteroatoms. The lowest BCUT2D eigenvalue weighted by molar-refractivity contribution is -0.152. The van der Waals surface area contributed by atoms with Gasteiger partial charge in [-0.2, -0.15) is 0 Å². The van der Waals surface area contributed by atoms with E-state index >= 15 is 0 Å². The quantitative estimate of drug-likeness (QED) is 0.734. The summed E-state index contributed by atoms with van der Waals surface area (Å²) in [7, 11) is 2.06. The van der Waals surface area contributed by atoms with Crippen LogP contribution in [0.4, 0.5) is 0 Å². The Balaban J connectivity index is 1.91. The average Bonchev–Trinajstić information content (AvgIpc) is 2.35. The van der Waals surface area contributed by atoms with E-state index in [1.54, 1.807) is 0 Å². The van der Waals surface area contributed by atoms with Crippen molar-refractivity contribution in [1.82, 2.24) is 9.80 Å². The van der Waals surface area contributed by atoms with E-state index in [-0.39, 0.29) is 5.54 Å². The highest BCUT2D eigenvalue weighted by atomic mass is 16.2. The predicted molar refractivity (Wildman–Crippen MR) is 69.8 cm³/mol. The first-order valence-electron chi connectivity index (χ1n) is 6.96. The predicted octanol–water partition coefficient (Wildman–Crippen LogP) is 1.98. The van der Waals surface area contributed by atoms with Gasteiger partial charge in [-0.05, 0) is 45.1 Å². The highest BCUT2D eigenvalue weighted by molar-refractivity contribution is 5.87. The maximum absolute atomic E-state index is 12.5. The average molecular weight is 238 g/mol. The standard InChI is InChI=1S/C14H26N2O/c1-11(2)12-5-8-16(9-6-12)13(17)14(3)7-10-15(14)4/h11-12H,5-10H2,1-4H3. The number of piperidine rings is 1. The minimum Gasteiger partial charge on any atom is -0.341 e. The van der Waals surface area contributed by atoms with Crippen molar-refractivity contribution in [1.29, 1.82) is 0 Å². The lowest BCUT2D eigenvalue weighted by atomic mass is 9.83. The van der Waals surface area contributed by atoms with Gasteiger partial charge in [0.2, 0.25) is 5.91 Å². The molecule has 0 spiro atoms. The molecule has 2 fully saturated rings. The highest BCUT2D eigenvalue weighted by Crippen LogP contribution is 2.32. The lowest BCUT2D eigenvalue weighted by Crippen LogP contribution is -2.65. The van der Waals surface area contributed by atoms with Crippen molar-refractivity contribution < 1.29 is 4.79 Å². The van der Waals surface area contributed by atoms with E-state index in [0.717, 1.165) is 37.9 Å². The van der Waals surface area contributed by atoms with Crippen molar-refractivity contribution in [3.8, 4) is 0 Å². The van der Waals surface area contributed by atoms with Crippen molar-refractivity contribution in [2.75, 3.05) is 26.7 Å². The molecule has 0 radical (unpaired) electrons. The van der Waals surface area contributed by atoms with E-state index in [0.29, 0.717) is 5.91 Å². The first-order chi connectivity index (χ1) is 7.95. The van der Waals surface area contributed by atoms with Gasteiger partial charge in [0, 0.05) is 19.6 Å². The van der Waals surface area contributed by atoms with E-state index in [1.165, 1.54) is 12.8 Å². The second-order valence-corrected chi connectivity index (χ2v) is 6.32. The molecule has 1 unspecified atom stereocenters. The fourth-order valence-corrected chi connectivity index (χ4v) is 3.05. The minimum atomic E-state index is -0.204. The molecule has 0 saturated carbocycles. The van der Waals surface area contributed by atoms with Crippen molar-refractivity contribution in [3.05, 3.63) is 0 Å². The molecule has 0 bridgehead atoms. The third-order valence-electron chi connectivity index (χ3n) is 5.01. The Hall–Kier alpha value is -0.570. The normalized spacial score (nSPS) is 31.7. The summed E-state index contributed by atoms with van der Waals surface area (Å²) in [6.45, 7) is 9.67. The van der Waals surface area contributed by atoms with E-state index in [1.807, 2.05) is 0 Å². The molecule has 0 aromatic carbocycles. The van der Waals surface area contributed by atoms with Crippen LogP contribution in [0.2, 0.25) is 0 Å². The van der Waals surface area contributed by atoms with Crippen molar-refractivity contribution in [2.45, 2.75) is 45.6 Å². The van der Waals surface area contributed by atoms with Crippen molar-refractivity contribution >= 4 is 5.91 Å². The molecule has 0 aliphatic carbocycles. The van der Waals surface area contributed by atoms with Gasteiger partial charge < -0.3 is 4.90 Å². The second kappa shape index (κ2) is 4.60. The summed E-state index contributed by atoms with van der Waals surface area (Å²) < 4.78 is 0. The summed E-state index contributed by atoms with van der Waals surface area (Å²) in [4.78, 5) is 16.7. The second-order valence-electron chi connectivity index (χ2n) is 6.32. The number of hydrogen-bond donors (Lipinski definition) is 0. The molecule has 1 amide bonds. The molecule has 2 aliphatic heterocycles. The molecule has 0 aromatic rings. The lowest BCUT2D eigenvalue weighted by Gasteiger charge is -2.50. The van der Waals surface area contributed by atoms with Crippen LogP contribution in [0, 0.1) is 11.8 Å². The zero-order valence-corrected chi connectivity index (χ0v) is 11.7. The van der Waals surface area contributed by atoms with E-state index in [2.05, 4.69) is 37.6 Å². The topological polar surface area (TPSA) is 23.6 Å². The zero-order valence-electron chi connectivity index (χ0n) is 11.7. The number of carbonyl (C=O) groups is 1. The van der Waals surface area contributed by atoms with Gasteiger partial charge in [-0.25, -0.2) is 0 Å². The molecule has 2 saturated heterocycles. The highest BCUT2D eigenvalue weighted by Gasteiger charge is 2.46. The molecule has 0 N–H and O–H groups in total. The summed E-state index contributed by atoms with van der Waals surface area (Å²) in [6.07, 6.45) is 3.39. The third kappa shape index (κ3) is 2.22. The number of carbonyl (C=O) groups excluding carboxylic acids is 1. The smallest absolute Gasteiger partial charge is 0.242 e. The molecule has 17 heavy (non-hydrogen) atoms. The van der Waals surface area contributed by atoms with E-state index in [9.17, 15) is 4.79 Å². The van der Waals surface area contributed by atoms with Crippen molar-refractivity contribution in [2.24, 2.45) is 11.8 Å². The third-order valence-corrected chi connectivity index (χ3v) is 5.01. The number of hydrogen-bond acceptors (Lipinski definition) is 2. The number of nitrogens with zero attached hydrogens (tertiary/aromatic N) is 2. The molecule has 3 nitrogen and oxygen atoms in total. The zero-order chi connectivity index (χ0) is 12.6. The molecule has 2 heterocycles. The molecule has 0 aromatic heterocycles. The van der Waals surface area contributed by atoms with Gasteiger partial charge in [-0.15, -0.1) is 0 Å². The van der Waals surface area contributed by atoms with Crippen LogP contribution in [-0.2, 0) is 4.79 Å². The van der Waals surface area contributed by atoms with Crippen LogP contribution in [-0.4, -0.2) is 47.9 Å². The Kier molecular flexibility index (Phi) is 3.48. The molecule has 1 atom stereocenters. The van der Waals surface area contributed by atoms with Gasteiger partial charge in [0.25, 0.3) is 0 Å². The van der Waals surface area contributed by atoms with Gasteiger partial charge >= 0.3 is 0 Å². The van der Waals surface area contributed by atoms with Gasteiger partial charge in [0.1, 0.15) is 0 Å². The number of rotatable bonds is 2. The summed E-state index contributed by atoms with van der Waals surface area (Å²) in [5.41, 5.74) is -0.204. The minimum absolute atomic E-state index is 0.204. The van der Waals surface area contributed by atoms with E-state index < -0.39 is 0 Å². The molecular weight excluding hydrogens is 212 g/mol. The summed E-state index contributed by atoms with van der Waals surface area (Å²) in [5.74, 6) is 1.92. The maximum Gasteiger partial charge on any atom is 0.242 e. The Morgan fingerprint density at radius 2 is 1.82 bits per heavy atom. The molecule has 2 aliphatic rings. The Labute approximate surface area is 105 Å². The largest absolute Gasteiger partial charge is 0.341 e. The maximum atomic E-state index is 12.5. The van der Waals surface area contributed by atoms with Crippen LogP contribution >= 0.6 is 0 Å². The monoisotopic (exact) mass is 238 g/mol. The fourth-order valence-electron chi connectivity index (χ4n) is 3.05. The Morgan fingerprint density at radius 3 is 2.18 bits per heavy atom. The summed E-state index contributed by atoms with van der Waals surface area (Å²) >= 11 is 0. The van der Waals surface area contributed by atoms with Crippen LogP contribution in [0.25, 0.3) is 0 Å². The molecular formula is C14H26N2O. The number of likely N-dealkylation sites (tertiary alicyclic amines) is 2. The van der Waals surface area contributed by atoms with E-state index in [4.69, 9.17) is 0 Å².